The lowest BCUT2D eigenvalue weighted by Crippen LogP contribution is -2.23. The SMILES string of the molecule is COc1ccc(CCc2cc(C)c(C(=O)Nc3ccc(S(N)(=O)=O)cc3)c(=O)o2)cc1.O=CO. The van der Waals surface area contributed by atoms with E-state index in [4.69, 9.17) is 24.2 Å². The molecule has 0 spiro atoms. The Bertz CT molecular complexity index is 1300. The Hall–Kier alpha value is -3.96. The number of methoxy groups -OCH3 is 1. The van der Waals surface area contributed by atoms with Crippen molar-refractivity contribution >= 4 is 28.1 Å². The molecule has 10 nitrogen and oxygen atoms in total. The fraction of sp³-hybridized carbons (Fsp3) is 0.174. The molecule has 0 atom stereocenters. The minimum Gasteiger partial charge on any atom is -0.497 e. The fourth-order valence-electron chi connectivity index (χ4n) is 3.05. The zero-order valence-electron chi connectivity index (χ0n) is 18.5. The van der Waals surface area contributed by atoms with Crippen LogP contribution in [0, 0.1) is 6.92 Å². The van der Waals surface area contributed by atoms with E-state index in [9.17, 15) is 18.0 Å². The zero-order valence-corrected chi connectivity index (χ0v) is 19.3. The summed E-state index contributed by atoms with van der Waals surface area (Å²) in [6, 6.07) is 14.6. The average Bonchev–Trinajstić information content (AvgIpc) is 2.78. The van der Waals surface area contributed by atoms with Crippen LogP contribution in [0.15, 0.2) is 68.7 Å². The van der Waals surface area contributed by atoms with Gasteiger partial charge in [0.05, 0.1) is 12.0 Å². The Balaban J connectivity index is 0.00000129. The van der Waals surface area contributed by atoms with Gasteiger partial charge in [-0.25, -0.2) is 18.4 Å². The lowest BCUT2D eigenvalue weighted by Gasteiger charge is -2.09. The molecule has 1 amide bonds. The minimum atomic E-state index is -3.83. The number of carbonyl (C=O) groups is 2. The number of rotatable bonds is 7. The van der Waals surface area contributed by atoms with Gasteiger partial charge in [-0.15, -0.1) is 0 Å². The lowest BCUT2D eigenvalue weighted by molar-refractivity contribution is -0.122. The Kier molecular flexibility index (Phi) is 9.10. The van der Waals surface area contributed by atoms with Gasteiger partial charge in [0.15, 0.2) is 0 Å². The first kappa shape index (κ1) is 26.3. The largest absolute Gasteiger partial charge is 0.497 e. The smallest absolute Gasteiger partial charge is 0.349 e. The van der Waals surface area contributed by atoms with E-state index < -0.39 is 21.6 Å². The van der Waals surface area contributed by atoms with Crippen molar-refractivity contribution in [3.05, 3.63) is 87.5 Å². The number of amides is 1. The number of benzene rings is 2. The van der Waals surface area contributed by atoms with Crippen molar-refractivity contribution in [3.8, 4) is 5.75 Å². The van der Waals surface area contributed by atoms with Gasteiger partial charge in [0, 0.05) is 12.1 Å². The average molecular weight is 489 g/mol. The second kappa shape index (κ2) is 11.8. The number of hydrogen-bond acceptors (Lipinski definition) is 7. The van der Waals surface area contributed by atoms with Crippen LogP contribution in [0.4, 0.5) is 5.69 Å². The number of ether oxygens (including phenoxy) is 1. The molecule has 3 aromatic rings. The molecule has 4 N–H and O–H groups in total. The molecule has 0 saturated carbocycles. The number of nitrogens with two attached hydrogens (primary N) is 1. The highest BCUT2D eigenvalue weighted by Gasteiger charge is 2.17. The number of hydrogen-bond donors (Lipinski definition) is 3. The topological polar surface area (TPSA) is 166 Å². The van der Waals surface area contributed by atoms with Crippen molar-refractivity contribution in [2.75, 3.05) is 12.4 Å². The van der Waals surface area contributed by atoms with E-state index in [1.54, 1.807) is 20.1 Å². The van der Waals surface area contributed by atoms with Crippen LogP contribution in [0.1, 0.15) is 27.2 Å². The highest BCUT2D eigenvalue weighted by atomic mass is 32.2. The Morgan fingerprint density at radius 1 is 1.12 bits per heavy atom. The Morgan fingerprint density at radius 2 is 1.71 bits per heavy atom. The van der Waals surface area contributed by atoms with Crippen molar-refractivity contribution in [3.63, 3.8) is 0 Å². The monoisotopic (exact) mass is 488 g/mol. The van der Waals surface area contributed by atoms with Crippen molar-refractivity contribution < 1.29 is 32.3 Å². The number of carbonyl (C=O) groups excluding carboxylic acids is 1. The lowest BCUT2D eigenvalue weighted by atomic mass is 10.1. The maximum Gasteiger partial charge on any atom is 0.349 e. The van der Waals surface area contributed by atoms with Gasteiger partial charge in [-0.05, 0) is 66.9 Å². The van der Waals surface area contributed by atoms with E-state index in [-0.39, 0.29) is 16.9 Å². The van der Waals surface area contributed by atoms with Crippen molar-refractivity contribution in [1.29, 1.82) is 0 Å². The molecule has 2 aromatic carbocycles. The summed E-state index contributed by atoms with van der Waals surface area (Å²) in [6.07, 6.45) is 1.16. The molecule has 0 fully saturated rings. The van der Waals surface area contributed by atoms with E-state index in [2.05, 4.69) is 5.32 Å². The zero-order chi connectivity index (χ0) is 25.3. The minimum absolute atomic E-state index is 0.0811. The normalized spacial score (nSPS) is 10.6. The van der Waals surface area contributed by atoms with Crippen LogP contribution < -0.4 is 20.8 Å². The summed E-state index contributed by atoms with van der Waals surface area (Å²) < 4.78 is 33.1. The Labute approximate surface area is 196 Å². The molecule has 0 aliphatic rings. The third kappa shape index (κ3) is 7.29. The van der Waals surface area contributed by atoms with Gasteiger partial charge in [-0.2, -0.15) is 0 Å². The van der Waals surface area contributed by atoms with E-state index in [0.29, 0.717) is 29.9 Å². The van der Waals surface area contributed by atoms with Crippen LogP contribution in [0.5, 0.6) is 5.75 Å². The van der Waals surface area contributed by atoms with Crippen LogP contribution >= 0.6 is 0 Å². The first-order valence-electron chi connectivity index (χ1n) is 9.87. The van der Waals surface area contributed by atoms with Crippen LogP contribution in [-0.4, -0.2) is 33.0 Å². The van der Waals surface area contributed by atoms with Crippen LogP contribution in [0.3, 0.4) is 0 Å². The third-order valence-corrected chi connectivity index (χ3v) is 5.62. The van der Waals surface area contributed by atoms with Crippen molar-refractivity contribution in [1.82, 2.24) is 0 Å². The molecule has 0 unspecified atom stereocenters. The highest BCUT2D eigenvalue weighted by molar-refractivity contribution is 7.89. The van der Waals surface area contributed by atoms with Crippen LogP contribution in [0.25, 0.3) is 0 Å². The molecule has 0 aliphatic heterocycles. The number of carboxylic acid groups (broad SMARTS) is 1. The van der Waals surface area contributed by atoms with E-state index >= 15 is 0 Å². The van der Waals surface area contributed by atoms with Crippen molar-refractivity contribution in [2.45, 2.75) is 24.7 Å². The summed E-state index contributed by atoms with van der Waals surface area (Å²) in [5, 5.41) is 14.5. The number of primary sulfonamides is 1. The number of sulfonamides is 1. The summed E-state index contributed by atoms with van der Waals surface area (Å²) in [5.41, 5.74) is 1.03. The van der Waals surface area contributed by atoms with Gasteiger partial charge in [-0.3, -0.25) is 9.59 Å². The van der Waals surface area contributed by atoms with E-state index in [1.807, 2.05) is 24.3 Å². The van der Waals surface area contributed by atoms with Gasteiger partial charge < -0.3 is 19.6 Å². The van der Waals surface area contributed by atoms with E-state index in [0.717, 1.165) is 11.3 Å². The second-order valence-corrected chi connectivity index (χ2v) is 8.60. The maximum absolute atomic E-state index is 12.6. The van der Waals surface area contributed by atoms with Gasteiger partial charge in [0.1, 0.15) is 17.1 Å². The van der Waals surface area contributed by atoms with Gasteiger partial charge >= 0.3 is 5.63 Å². The molecule has 0 aliphatic carbocycles. The number of anilines is 1. The fourth-order valence-corrected chi connectivity index (χ4v) is 3.57. The maximum atomic E-state index is 12.6. The first-order valence-corrected chi connectivity index (χ1v) is 11.4. The summed E-state index contributed by atoms with van der Waals surface area (Å²) in [7, 11) is -2.23. The van der Waals surface area contributed by atoms with Gasteiger partial charge in [-0.1, -0.05) is 12.1 Å². The third-order valence-electron chi connectivity index (χ3n) is 4.69. The molecule has 34 heavy (non-hydrogen) atoms. The predicted octanol–water partition coefficient (Wildman–Crippen LogP) is 2.34. The molecule has 180 valence electrons. The molecule has 11 heteroatoms. The summed E-state index contributed by atoms with van der Waals surface area (Å²) in [4.78, 5) is 33.3. The first-order chi connectivity index (χ1) is 16.1. The molecule has 0 bridgehead atoms. The molecule has 0 saturated heterocycles. The standard InChI is InChI=1S/C22H22N2O6S.CH2O2/c1-14-13-18(10-5-15-3-8-17(29-2)9-4-15)30-22(26)20(14)21(25)24-16-6-11-19(12-7-16)31(23,27)28;2-1-3/h3-4,6-9,11-13H,5,10H2,1-2H3,(H,24,25)(H2,23,27,28);1H,(H,2,3). The Morgan fingerprint density at radius 3 is 2.21 bits per heavy atom. The molecular formula is C23H24N2O8S. The summed E-state index contributed by atoms with van der Waals surface area (Å²) in [6.45, 7) is 1.41. The molecular weight excluding hydrogens is 464 g/mol. The van der Waals surface area contributed by atoms with Crippen molar-refractivity contribution in [2.24, 2.45) is 5.14 Å². The predicted molar refractivity (Wildman–Crippen MR) is 125 cm³/mol. The van der Waals surface area contributed by atoms with Gasteiger partial charge in [0.2, 0.25) is 10.0 Å². The highest BCUT2D eigenvalue weighted by Crippen LogP contribution is 2.16. The van der Waals surface area contributed by atoms with Crippen LogP contribution in [0.2, 0.25) is 0 Å². The molecule has 1 aromatic heterocycles. The quantitative estimate of drug-likeness (QED) is 0.426. The van der Waals surface area contributed by atoms with Crippen LogP contribution in [-0.2, 0) is 27.7 Å². The summed E-state index contributed by atoms with van der Waals surface area (Å²) in [5.74, 6) is 0.601. The summed E-state index contributed by atoms with van der Waals surface area (Å²) >= 11 is 0. The molecule has 1 heterocycles. The molecule has 3 rings (SSSR count). The van der Waals surface area contributed by atoms with Gasteiger partial charge in [0.25, 0.3) is 12.4 Å². The number of nitrogens with one attached hydrogen (secondary N) is 1. The van der Waals surface area contributed by atoms with E-state index in [1.165, 1.54) is 24.3 Å². The second-order valence-electron chi connectivity index (χ2n) is 7.04. The molecule has 0 radical (unpaired) electrons. The number of aryl methyl sites for hydroxylation is 3.